The molecule has 1 saturated heterocycles. The first-order valence-electron chi connectivity index (χ1n) is 5.45. The van der Waals surface area contributed by atoms with Gasteiger partial charge in [0, 0.05) is 25.0 Å². The van der Waals surface area contributed by atoms with Crippen LogP contribution < -0.4 is 5.32 Å². The highest BCUT2D eigenvalue weighted by atomic mass is 16.2. The van der Waals surface area contributed by atoms with Gasteiger partial charge >= 0.3 is 6.03 Å². The normalized spacial score (nSPS) is 29.1. The van der Waals surface area contributed by atoms with Gasteiger partial charge in [-0.3, -0.25) is 0 Å². The molecule has 15 heavy (non-hydrogen) atoms. The van der Waals surface area contributed by atoms with Gasteiger partial charge in [0.15, 0.2) is 0 Å². The van der Waals surface area contributed by atoms with Crippen molar-refractivity contribution in [3.63, 3.8) is 0 Å². The molecule has 2 fully saturated rings. The summed E-state index contributed by atoms with van der Waals surface area (Å²) in [5, 5.41) is 2.85. The van der Waals surface area contributed by atoms with E-state index in [0.717, 1.165) is 19.5 Å². The van der Waals surface area contributed by atoms with E-state index in [1.165, 1.54) is 5.56 Å². The summed E-state index contributed by atoms with van der Waals surface area (Å²) >= 11 is 0. The van der Waals surface area contributed by atoms with Crippen LogP contribution in [0.5, 0.6) is 0 Å². The van der Waals surface area contributed by atoms with Crippen LogP contribution in [0.1, 0.15) is 17.9 Å². The third-order valence-electron chi connectivity index (χ3n) is 3.27. The summed E-state index contributed by atoms with van der Waals surface area (Å²) in [4.78, 5) is 13.4. The number of urea groups is 1. The summed E-state index contributed by atoms with van der Waals surface area (Å²) < 4.78 is 0. The lowest BCUT2D eigenvalue weighted by atomic mass is 10.1. The van der Waals surface area contributed by atoms with Crippen molar-refractivity contribution in [2.75, 3.05) is 13.1 Å². The molecule has 2 aliphatic rings. The van der Waals surface area contributed by atoms with Gasteiger partial charge in [-0.1, -0.05) is 30.3 Å². The van der Waals surface area contributed by atoms with Crippen molar-refractivity contribution >= 4 is 6.03 Å². The molecule has 1 aliphatic heterocycles. The van der Waals surface area contributed by atoms with Gasteiger partial charge in [-0.2, -0.15) is 0 Å². The Morgan fingerprint density at radius 3 is 2.73 bits per heavy atom. The number of hydrogen-bond acceptors (Lipinski definition) is 1. The number of amides is 2. The maximum Gasteiger partial charge on any atom is 0.317 e. The molecular weight excluding hydrogens is 188 g/mol. The van der Waals surface area contributed by atoms with E-state index in [4.69, 9.17) is 0 Å². The Kier molecular flexibility index (Phi) is 1.91. The van der Waals surface area contributed by atoms with Crippen molar-refractivity contribution in [1.82, 2.24) is 10.2 Å². The van der Waals surface area contributed by atoms with Gasteiger partial charge in [-0.25, -0.2) is 4.79 Å². The molecule has 2 unspecified atom stereocenters. The summed E-state index contributed by atoms with van der Waals surface area (Å²) in [5.41, 5.74) is 1.36. The van der Waals surface area contributed by atoms with E-state index in [2.05, 4.69) is 29.6 Å². The van der Waals surface area contributed by atoms with Gasteiger partial charge in [0.25, 0.3) is 0 Å². The molecule has 1 aromatic rings. The summed E-state index contributed by atoms with van der Waals surface area (Å²) in [6.45, 7) is 1.67. The Morgan fingerprint density at radius 2 is 2.07 bits per heavy atom. The quantitative estimate of drug-likeness (QED) is 0.775. The summed E-state index contributed by atoms with van der Waals surface area (Å²) in [5.74, 6) is 0.565. The average molecular weight is 202 g/mol. The largest absolute Gasteiger partial charge is 0.336 e. The Bertz CT molecular complexity index is 376. The second kappa shape index (κ2) is 3.26. The van der Waals surface area contributed by atoms with Crippen molar-refractivity contribution in [3.05, 3.63) is 35.9 Å². The van der Waals surface area contributed by atoms with Crippen molar-refractivity contribution < 1.29 is 4.79 Å². The number of carbonyl (C=O) groups is 1. The summed E-state index contributed by atoms with van der Waals surface area (Å²) in [6.07, 6.45) is 1.12. The lowest BCUT2D eigenvalue weighted by Crippen LogP contribution is -2.30. The van der Waals surface area contributed by atoms with Gasteiger partial charge in [0.1, 0.15) is 0 Å². The first kappa shape index (κ1) is 8.77. The zero-order valence-corrected chi connectivity index (χ0v) is 8.52. The number of nitrogens with zero attached hydrogens (tertiary/aromatic N) is 1. The standard InChI is InChI=1S/C12H14N2O/c15-12-13-6-7-14(12)11-8-10(11)9-4-2-1-3-5-9/h1-5,10-11H,6-8H2,(H,13,15). The predicted octanol–water partition coefficient (Wildman–Crippen LogP) is 1.57. The predicted molar refractivity (Wildman–Crippen MR) is 57.7 cm³/mol. The van der Waals surface area contributed by atoms with Crippen LogP contribution in [0.25, 0.3) is 0 Å². The summed E-state index contributed by atoms with van der Waals surface area (Å²) in [6, 6.07) is 11.0. The fourth-order valence-corrected chi connectivity index (χ4v) is 2.39. The molecule has 3 rings (SSSR count). The molecule has 78 valence electrons. The molecule has 1 saturated carbocycles. The van der Waals surface area contributed by atoms with E-state index in [9.17, 15) is 4.79 Å². The van der Waals surface area contributed by atoms with Crippen LogP contribution in [0.2, 0.25) is 0 Å². The molecule has 0 spiro atoms. The highest BCUT2D eigenvalue weighted by Gasteiger charge is 2.45. The number of nitrogens with one attached hydrogen (secondary N) is 1. The lowest BCUT2D eigenvalue weighted by molar-refractivity contribution is 0.214. The molecular formula is C12H14N2O. The Balaban J connectivity index is 1.72. The fourth-order valence-electron chi connectivity index (χ4n) is 2.39. The Hall–Kier alpha value is -1.51. The fraction of sp³-hybridized carbons (Fsp3) is 0.417. The van der Waals surface area contributed by atoms with Gasteiger partial charge in [0.05, 0.1) is 0 Å². The first-order chi connectivity index (χ1) is 7.36. The number of rotatable bonds is 2. The molecule has 0 bridgehead atoms. The molecule has 3 nitrogen and oxygen atoms in total. The van der Waals surface area contributed by atoms with E-state index in [1.54, 1.807) is 0 Å². The van der Waals surface area contributed by atoms with Crippen LogP contribution in [-0.4, -0.2) is 30.1 Å². The van der Waals surface area contributed by atoms with Gasteiger partial charge in [-0.15, -0.1) is 0 Å². The van der Waals surface area contributed by atoms with E-state index >= 15 is 0 Å². The van der Waals surface area contributed by atoms with Crippen molar-refractivity contribution in [1.29, 1.82) is 0 Å². The van der Waals surface area contributed by atoms with Crippen LogP contribution in [0.4, 0.5) is 4.79 Å². The third-order valence-corrected chi connectivity index (χ3v) is 3.27. The Morgan fingerprint density at radius 1 is 1.27 bits per heavy atom. The highest BCUT2D eigenvalue weighted by molar-refractivity contribution is 5.77. The van der Waals surface area contributed by atoms with Crippen molar-refractivity contribution in [2.24, 2.45) is 0 Å². The second-order valence-corrected chi connectivity index (χ2v) is 4.25. The lowest BCUT2D eigenvalue weighted by Gasteiger charge is -2.13. The molecule has 1 N–H and O–H groups in total. The van der Waals surface area contributed by atoms with Gasteiger partial charge in [-0.05, 0) is 12.0 Å². The number of carbonyl (C=O) groups excluding carboxylic acids is 1. The van der Waals surface area contributed by atoms with Gasteiger partial charge in [0.2, 0.25) is 0 Å². The van der Waals surface area contributed by atoms with Crippen molar-refractivity contribution in [3.8, 4) is 0 Å². The van der Waals surface area contributed by atoms with E-state index in [0.29, 0.717) is 12.0 Å². The molecule has 1 aromatic carbocycles. The molecule has 1 heterocycles. The van der Waals surface area contributed by atoms with Crippen LogP contribution in [0.15, 0.2) is 30.3 Å². The average Bonchev–Trinajstić information content (AvgIpc) is 2.96. The topological polar surface area (TPSA) is 32.3 Å². The Labute approximate surface area is 89.1 Å². The molecule has 2 amide bonds. The van der Waals surface area contributed by atoms with Crippen LogP contribution in [0, 0.1) is 0 Å². The van der Waals surface area contributed by atoms with Crippen LogP contribution in [0.3, 0.4) is 0 Å². The zero-order valence-electron chi connectivity index (χ0n) is 8.52. The maximum absolute atomic E-state index is 11.4. The molecule has 0 radical (unpaired) electrons. The SMILES string of the molecule is O=C1NCCN1C1CC1c1ccccc1. The minimum Gasteiger partial charge on any atom is -0.336 e. The van der Waals surface area contributed by atoms with Crippen molar-refractivity contribution in [2.45, 2.75) is 18.4 Å². The summed E-state index contributed by atoms with van der Waals surface area (Å²) in [7, 11) is 0. The molecule has 1 aliphatic carbocycles. The monoisotopic (exact) mass is 202 g/mol. The molecule has 0 aromatic heterocycles. The minimum atomic E-state index is 0.110. The third kappa shape index (κ3) is 1.48. The first-order valence-corrected chi connectivity index (χ1v) is 5.45. The molecule has 2 atom stereocenters. The van der Waals surface area contributed by atoms with E-state index < -0.39 is 0 Å². The highest BCUT2D eigenvalue weighted by Crippen LogP contribution is 2.44. The number of benzene rings is 1. The zero-order chi connectivity index (χ0) is 10.3. The molecule has 3 heteroatoms. The smallest absolute Gasteiger partial charge is 0.317 e. The number of hydrogen-bond donors (Lipinski definition) is 1. The minimum absolute atomic E-state index is 0.110. The van der Waals surface area contributed by atoms with Crippen LogP contribution >= 0.6 is 0 Å². The maximum atomic E-state index is 11.4. The van der Waals surface area contributed by atoms with Gasteiger partial charge < -0.3 is 10.2 Å². The van der Waals surface area contributed by atoms with E-state index in [-0.39, 0.29) is 6.03 Å². The van der Waals surface area contributed by atoms with E-state index in [1.807, 2.05) is 11.0 Å². The van der Waals surface area contributed by atoms with Crippen LogP contribution in [-0.2, 0) is 0 Å². The second-order valence-electron chi connectivity index (χ2n) is 4.25.